The molecular formula is C22H24ClFN6O4. The summed E-state index contributed by atoms with van der Waals surface area (Å²) in [7, 11) is 1.43. The Kier molecular flexibility index (Phi) is 7.11. The molecule has 3 heterocycles. The lowest BCUT2D eigenvalue weighted by atomic mass is 10.2. The van der Waals surface area contributed by atoms with Crippen LogP contribution in [0.1, 0.15) is 38.4 Å². The van der Waals surface area contributed by atoms with Crippen molar-refractivity contribution >= 4 is 22.8 Å². The van der Waals surface area contributed by atoms with Gasteiger partial charge in [-0.05, 0) is 43.0 Å². The quantitative estimate of drug-likeness (QED) is 0.266. The van der Waals surface area contributed by atoms with Gasteiger partial charge in [0.25, 0.3) is 11.4 Å². The lowest BCUT2D eigenvalue weighted by molar-refractivity contribution is 0.397. The normalized spacial score (nSPS) is 11.4. The summed E-state index contributed by atoms with van der Waals surface area (Å²) in [4.78, 5) is 36.9. The van der Waals surface area contributed by atoms with Gasteiger partial charge in [0.1, 0.15) is 17.1 Å². The first kappa shape index (κ1) is 23.7. The average Bonchev–Trinajstić information content (AvgIpc) is 3.44. The van der Waals surface area contributed by atoms with Crippen LogP contribution in [0.5, 0.6) is 5.75 Å². The van der Waals surface area contributed by atoms with E-state index in [2.05, 4.69) is 20.1 Å². The fourth-order valence-corrected chi connectivity index (χ4v) is 3.92. The fraction of sp³-hybridized carbons (Fsp3) is 0.409. The maximum absolute atomic E-state index is 14.2. The van der Waals surface area contributed by atoms with Crippen LogP contribution in [0.2, 0.25) is 5.28 Å². The van der Waals surface area contributed by atoms with Crippen LogP contribution in [0.4, 0.5) is 4.39 Å². The number of nitrogens with zero attached hydrogens (tertiary/aromatic N) is 5. The Bertz CT molecular complexity index is 1420. The summed E-state index contributed by atoms with van der Waals surface area (Å²) in [5.74, 6) is 0.191. The second kappa shape index (κ2) is 10.2. The second-order valence-corrected chi connectivity index (χ2v) is 8.12. The Balaban J connectivity index is 1.47. The predicted molar refractivity (Wildman–Crippen MR) is 124 cm³/mol. The molecule has 0 radical (unpaired) electrons. The van der Waals surface area contributed by atoms with Gasteiger partial charge in [-0.1, -0.05) is 24.6 Å². The maximum Gasteiger partial charge on any atom is 0.332 e. The molecule has 0 amide bonds. The first-order valence-corrected chi connectivity index (χ1v) is 11.4. The van der Waals surface area contributed by atoms with Gasteiger partial charge in [0.2, 0.25) is 5.28 Å². The molecule has 1 N–H and O–H groups in total. The van der Waals surface area contributed by atoms with Crippen molar-refractivity contribution in [2.24, 2.45) is 0 Å². The van der Waals surface area contributed by atoms with Gasteiger partial charge in [0.05, 0.1) is 7.11 Å². The van der Waals surface area contributed by atoms with Crippen LogP contribution in [0.15, 0.2) is 32.3 Å². The number of nitrogens with one attached hydrogen (secondary N) is 1. The van der Waals surface area contributed by atoms with Gasteiger partial charge in [0, 0.05) is 19.5 Å². The SMILES string of the molecule is CCCCn1c(=O)n(CCCCc2noc(-c3c(F)cccc3OC)n2)c(=O)c2[nH]c(Cl)nc21. The van der Waals surface area contributed by atoms with Crippen molar-refractivity contribution < 1.29 is 13.7 Å². The van der Waals surface area contributed by atoms with E-state index in [4.69, 9.17) is 20.9 Å². The highest BCUT2D eigenvalue weighted by Crippen LogP contribution is 2.31. The first-order valence-electron chi connectivity index (χ1n) is 11.0. The lowest BCUT2D eigenvalue weighted by Crippen LogP contribution is -2.40. The molecule has 0 bridgehead atoms. The lowest BCUT2D eigenvalue weighted by Gasteiger charge is -2.10. The molecule has 0 aliphatic rings. The van der Waals surface area contributed by atoms with Crippen LogP contribution < -0.4 is 16.0 Å². The Hall–Kier alpha value is -3.47. The van der Waals surface area contributed by atoms with Crippen LogP contribution in [0, 0.1) is 5.82 Å². The van der Waals surface area contributed by atoms with Gasteiger partial charge >= 0.3 is 5.69 Å². The molecule has 0 aliphatic heterocycles. The molecule has 0 atom stereocenters. The molecular weight excluding hydrogens is 467 g/mol. The Morgan fingerprint density at radius 2 is 1.94 bits per heavy atom. The van der Waals surface area contributed by atoms with E-state index < -0.39 is 17.1 Å². The molecule has 3 aromatic heterocycles. The molecule has 4 aromatic rings. The van der Waals surface area contributed by atoms with Crippen LogP contribution in [-0.4, -0.2) is 36.4 Å². The number of imidazole rings is 1. The van der Waals surface area contributed by atoms with E-state index in [-0.39, 0.29) is 34.4 Å². The molecule has 4 rings (SSSR count). The summed E-state index contributed by atoms with van der Waals surface area (Å²) in [6, 6.07) is 4.43. The zero-order valence-electron chi connectivity index (χ0n) is 18.8. The third-order valence-electron chi connectivity index (χ3n) is 5.48. The van der Waals surface area contributed by atoms with E-state index in [0.29, 0.717) is 37.4 Å². The van der Waals surface area contributed by atoms with Crippen molar-refractivity contribution in [3.8, 4) is 17.2 Å². The molecule has 0 aliphatic carbocycles. The van der Waals surface area contributed by atoms with Gasteiger partial charge in [-0.2, -0.15) is 9.97 Å². The van der Waals surface area contributed by atoms with E-state index >= 15 is 0 Å². The number of rotatable bonds is 10. The van der Waals surface area contributed by atoms with Gasteiger partial charge in [-0.25, -0.2) is 9.18 Å². The van der Waals surface area contributed by atoms with Crippen molar-refractivity contribution in [3.63, 3.8) is 0 Å². The smallest absolute Gasteiger partial charge is 0.332 e. The Labute approximate surface area is 198 Å². The predicted octanol–water partition coefficient (Wildman–Crippen LogP) is 3.56. The number of benzene rings is 1. The largest absolute Gasteiger partial charge is 0.496 e. The van der Waals surface area contributed by atoms with E-state index in [9.17, 15) is 14.0 Å². The molecule has 34 heavy (non-hydrogen) atoms. The number of hydrogen-bond acceptors (Lipinski definition) is 7. The molecule has 0 saturated carbocycles. The third kappa shape index (κ3) is 4.60. The molecule has 180 valence electrons. The Morgan fingerprint density at radius 1 is 1.15 bits per heavy atom. The first-order chi connectivity index (χ1) is 16.4. The summed E-state index contributed by atoms with van der Waals surface area (Å²) in [6.07, 6.45) is 3.18. The van der Waals surface area contributed by atoms with E-state index in [1.807, 2.05) is 6.92 Å². The zero-order valence-corrected chi connectivity index (χ0v) is 19.6. The number of ether oxygens (including phenoxy) is 1. The van der Waals surface area contributed by atoms with Crippen LogP contribution in [0.25, 0.3) is 22.6 Å². The number of aromatic nitrogens is 6. The number of fused-ring (bicyclic) bond motifs is 1. The Morgan fingerprint density at radius 3 is 2.71 bits per heavy atom. The number of H-pyrrole nitrogens is 1. The van der Waals surface area contributed by atoms with E-state index in [0.717, 1.165) is 12.8 Å². The van der Waals surface area contributed by atoms with Crippen LogP contribution >= 0.6 is 11.6 Å². The highest BCUT2D eigenvalue weighted by Gasteiger charge is 2.19. The highest BCUT2D eigenvalue weighted by molar-refractivity contribution is 6.28. The van der Waals surface area contributed by atoms with Gasteiger partial charge < -0.3 is 14.2 Å². The number of halogens is 2. The summed E-state index contributed by atoms with van der Waals surface area (Å²) in [5.41, 5.74) is -0.285. The standard InChI is InChI=1S/C22H24ClFN6O4/c1-3-4-11-29-18-17(26-21(23)27-18)20(31)30(22(29)32)12-6-5-10-15-25-19(34-28-15)16-13(24)8-7-9-14(16)33-2/h7-9H,3-6,10-12H2,1-2H3,(H,26,27). The summed E-state index contributed by atoms with van der Waals surface area (Å²) < 4.78 is 27.3. The summed E-state index contributed by atoms with van der Waals surface area (Å²) in [6.45, 7) is 2.67. The monoisotopic (exact) mass is 490 g/mol. The minimum atomic E-state index is -0.525. The van der Waals surface area contributed by atoms with Crippen LogP contribution in [-0.2, 0) is 19.5 Å². The van der Waals surface area contributed by atoms with Crippen molar-refractivity contribution in [2.75, 3.05) is 7.11 Å². The number of aryl methyl sites for hydroxylation is 2. The molecule has 0 spiro atoms. The van der Waals surface area contributed by atoms with Crippen molar-refractivity contribution in [2.45, 2.75) is 52.1 Å². The number of aromatic amines is 1. The third-order valence-corrected chi connectivity index (χ3v) is 5.66. The van der Waals surface area contributed by atoms with Crippen LogP contribution in [0.3, 0.4) is 0 Å². The van der Waals surface area contributed by atoms with E-state index in [1.165, 1.54) is 28.4 Å². The second-order valence-electron chi connectivity index (χ2n) is 7.76. The molecule has 0 saturated heterocycles. The average molecular weight is 491 g/mol. The molecule has 10 nitrogen and oxygen atoms in total. The zero-order chi connectivity index (χ0) is 24.2. The summed E-state index contributed by atoms with van der Waals surface area (Å²) >= 11 is 5.95. The van der Waals surface area contributed by atoms with Gasteiger partial charge in [0.15, 0.2) is 17.0 Å². The van der Waals surface area contributed by atoms with E-state index in [1.54, 1.807) is 6.07 Å². The molecule has 1 aromatic carbocycles. The molecule has 12 heteroatoms. The number of methoxy groups -OCH3 is 1. The molecule has 0 unspecified atom stereocenters. The number of hydrogen-bond donors (Lipinski definition) is 1. The fourth-order valence-electron chi connectivity index (χ4n) is 3.75. The summed E-state index contributed by atoms with van der Waals surface area (Å²) in [5, 5.41) is 3.97. The number of unbranched alkanes of at least 4 members (excludes halogenated alkanes) is 2. The van der Waals surface area contributed by atoms with Crippen molar-refractivity contribution in [1.82, 2.24) is 29.2 Å². The van der Waals surface area contributed by atoms with Gasteiger partial charge in [-0.3, -0.25) is 13.9 Å². The minimum Gasteiger partial charge on any atom is -0.496 e. The topological polar surface area (TPSA) is 121 Å². The highest BCUT2D eigenvalue weighted by atomic mass is 35.5. The maximum atomic E-state index is 14.2. The van der Waals surface area contributed by atoms with Crippen molar-refractivity contribution in [3.05, 3.63) is 56.0 Å². The minimum absolute atomic E-state index is 0.0292. The van der Waals surface area contributed by atoms with Gasteiger partial charge in [-0.15, -0.1) is 0 Å². The van der Waals surface area contributed by atoms with Crippen molar-refractivity contribution in [1.29, 1.82) is 0 Å². The molecule has 0 fully saturated rings.